The van der Waals surface area contributed by atoms with Crippen molar-refractivity contribution in [1.29, 1.82) is 0 Å². The van der Waals surface area contributed by atoms with E-state index in [0.29, 0.717) is 0 Å². The summed E-state index contributed by atoms with van der Waals surface area (Å²) in [5.41, 5.74) is 12.5. The maximum atomic E-state index is 12.0. The monoisotopic (exact) mass is 259 g/mol. The standard InChI is InChI=1S/C14H17N3O2/c1-14(12(18)17-13(15)16)7-10(14)8-3-2-4-11-9(8)5-6-19-11/h2-4,10H,5-7H2,1H3,(H4,15,16,17,18). The van der Waals surface area contributed by atoms with E-state index in [1.165, 1.54) is 11.1 Å². The van der Waals surface area contributed by atoms with Gasteiger partial charge in [-0.15, -0.1) is 0 Å². The molecule has 1 aliphatic carbocycles. The Morgan fingerprint density at radius 3 is 3.00 bits per heavy atom. The Balaban J connectivity index is 1.89. The van der Waals surface area contributed by atoms with Gasteiger partial charge in [0.2, 0.25) is 0 Å². The van der Waals surface area contributed by atoms with Gasteiger partial charge in [0.15, 0.2) is 5.96 Å². The number of carbonyl (C=O) groups excluding carboxylic acids is 1. The molecule has 0 spiro atoms. The van der Waals surface area contributed by atoms with Crippen LogP contribution >= 0.6 is 0 Å². The van der Waals surface area contributed by atoms with E-state index < -0.39 is 5.41 Å². The fourth-order valence-electron chi connectivity index (χ4n) is 2.87. The molecule has 1 aliphatic heterocycles. The highest BCUT2D eigenvalue weighted by Gasteiger charge is 2.57. The van der Waals surface area contributed by atoms with Crippen LogP contribution in [0, 0.1) is 5.41 Å². The van der Waals surface area contributed by atoms with Crippen molar-refractivity contribution in [2.24, 2.45) is 21.9 Å². The van der Waals surface area contributed by atoms with Gasteiger partial charge in [0.25, 0.3) is 5.91 Å². The molecule has 0 radical (unpaired) electrons. The van der Waals surface area contributed by atoms with Crippen LogP contribution < -0.4 is 16.2 Å². The summed E-state index contributed by atoms with van der Waals surface area (Å²) in [5, 5.41) is 0. The van der Waals surface area contributed by atoms with E-state index in [9.17, 15) is 4.79 Å². The first-order valence-electron chi connectivity index (χ1n) is 6.41. The molecule has 0 bridgehead atoms. The van der Waals surface area contributed by atoms with E-state index in [4.69, 9.17) is 16.2 Å². The average Bonchev–Trinajstić information content (AvgIpc) is 2.84. The molecular formula is C14H17N3O2. The largest absolute Gasteiger partial charge is 0.493 e. The summed E-state index contributed by atoms with van der Waals surface area (Å²) in [5.74, 6) is 0.744. The molecule has 1 aromatic carbocycles. The van der Waals surface area contributed by atoms with Crippen LogP contribution in [0.4, 0.5) is 0 Å². The SMILES string of the molecule is CC1(C(=O)N=C(N)N)CC1c1cccc2c1CCO2. The average molecular weight is 259 g/mol. The van der Waals surface area contributed by atoms with Gasteiger partial charge in [-0.05, 0) is 24.0 Å². The second-order valence-electron chi connectivity index (χ2n) is 5.44. The molecule has 1 saturated carbocycles. The number of carbonyl (C=O) groups is 1. The third-order valence-corrected chi connectivity index (χ3v) is 4.11. The van der Waals surface area contributed by atoms with E-state index in [-0.39, 0.29) is 17.8 Å². The number of guanidine groups is 1. The number of ether oxygens (including phenoxy) is 1. The molecule has 19 heavy (non-hydrogen) atoms. The normalized spacial score (nSPS) is 27.3. The minimum Gasteiger partial charge on any atom is -0.493 e. The van der Waals surface area contributed by atoms with Crippen LogP contribution in [0.1, 0.15) is 30.4 Å². The Morgan fingerprint density at radius 2 is 2.26 bits per heavy atom. The fraction of sp³-hybridized carbons (Fsp3) is 0.429. The second kappa shape index (κ2) is 3.98. The minimum absolute atomic E-state index is 0.168. The van der Waals surface area contributed by atoms with Gasteiger partial charge in [-0.2, -0.15) is 4.99 Å². The Bertz CT molecular complexity index is 578. The van der Waals surface area contributed by atoms with Crippen LogP contribution in [0.15, 0.2) is 23.2 Å². The highest BCUT2D eigenvalue weighted by atomic mass is 16.5. The molecule has 100 valence electrons. The van der Waals surface area contributed by atoms with Crippen molar-refractivity contribution >= 4 is 11.9 Å². The quantitative estimate of drug-likeness (QED) is 0.610. The molecule has 2 aliphatic rings. The molecule has 1 fully saturated rings. The highest BCUT2D eigenvalue weighted by Crippen LogP contribution is 2.61. The van der Waals surface area contributed by atoms with Crippen molar-refractivity contribution in [3.63, 3.8) is 0 Å². The fourth-order valence-corrected chi connectivity index (χ4v) is 2.87. The molecule has 0 saturated heterocycles. The molecule has 1 heterocycles. The van der Waals surface area contributed by atoms with Crippen molar-refractivity contribution in [1.82, 2.24) is 0 Å². The lowest BCUT2D eigenvalue weighted by Crippen LogP contribution is -2.26. The van der Waals surface area contributed by atoms with Crippen molar-refractivity contribution in [2.45, 2.75) is 25.7 Å². The third-order valence-electron chi connectivity index (χ3n) is 4.11. The molecular weight excluding hydrogens is 242 g/mol. The predicted molar refractivity (Wildman–Crippen MR) is 71.9 cm³/mol. The van der Waals surface area contributed by atoms with Gasteiger partial charge in [0.05, 0.1) is 12.0 Å². The van der Waals surface area contributed by atoms with Gasteiger partial charge in [-0.25, -0.2) is 0 Å². The highest BCUT2D eigenvalue weighted by molar-refractivity contribution is 5.96. The number of rotatable bonds is 2. The second-order valence-corrected chi connectivity index (χ2v) is 5.44. The number of fused-ring (bicyclic) bond motifs is 1. The lowest BCUT2D eigenvalue weighted by molar-refractivity contribution is -0.122. The number of benzene rings is 1. The third kappa shape index (κ3) is 1.85. The summed E-state index contributed by atoms with van der Waals surface area (Å²) in [7, 11) is 0. The lowest BCUT2D eigenvalue weighted by atomic mass is 9.95. The van der Waals surface area contributed by atoms with Crippen LogP contribution in [-0.4, -0.2) is 18.5 Å². The van der Waals surface area contributed by atoms with E-state index >= 15 is 0 Å². The number of hydrogen-bond donors (Lipinski definition) is 2. The summed E-state index contributed by atoms with van der Waals surface area (Å²) in [4.78, 5) is 15.7. The van der Waals surface area contributed by atoms with E-state index in [0.717, 1.165) is 25.2 Å². The molecule has 1 aromatic rings. The molecule has 3 rings (SSSR count). The van der Waals surface area contributed by atoms with Crippen molar-refractivity contribution in [3.05, 3.63) is 29.3 Å². The molecule has 5 heteroatoms. The zero-order chi connectivity index (χ0) is 13.6. The van der Waals surface area contributed by atoms with Crippen LogP contribution in [0.2, 0.25) is 0 Å². The molecule has 1 amide bonds. The van der Waals surface area contributed by atoms with Gasteiger partial charge in [-0.3, -0.25) is 4.79 Å². The van der Waals surface area contributed by atoms with Crippen LogP contribution in [0.3, 0.4) is 0 Å². The van der Waals surface area contributed by atoms with Gasteiger partial charge in [-0.1, -0.05) is 19.1 Å². The summed E-state index contributed by atoms with van der Waals surface area (Å²) in [6, 6.07) is 6.03. The Morgan fingerprint density at radius 1 is 1.47 bits per heavy atom. The number of nitrogens with two attached hydrogens (primary N) is 2. The molecule has 5 nitrogen and oxygen atoms in total. The predicted octanol–water partition coefficient (Wildman–Crippen LogP) is 0.915. The van der Waals surface area contributed by atoms with Gasteiger partial charge in [0.1, 0.15) is 5.75 Å². The zero-order valence-electron chi connectivity index (χ0n) is 10.8. The van der Waals surface area contributed by atoms with Crippen LogP contribution in [0.25, 0.3) is 0 Å². The van der Waals surface area contributed by atoms with E-state index in [1.807, 2.05) is 19.1 Å². The minimum atomic E-state index is -0.471. The van der Waals surface area contributed by atoms with Gasteiger partial charge < -0.3 is 16.2 Å². The molecule has 2 atom stereocenters. The molecule has 0 aromatic heterocycles. The van der Waals surface area contributed by atoms with Crippen molar-refractivity contribution < 1.29 is 9.53 Å². The van der Waals surface area contributed by atoms with E-state index in [1.54, 1.807) is 0 Å². The number of amides is 1. The number of aliphatic imine (C=N–C) groups is 1. The summed E-state index contributed by atoms with van der Waals surface area (Å²) in [6.07, 6.45) is 1.70. The Labute approximate surface area is 111 Å². The maximum Gasteiger partial charge on any atom is 0.255 e. The summed E-state index contributed by atoms with van der Waals surface area (Å²) in [6.45, 7) is 2.64. The maximum absolute atomic E-state index is 12.0. The molecule has 2 unspecified atom stereocenters. The van der Waals surface area contributed by atoms with Crippen molar-refractivity contribution in [2.75, 3.05) is 6.61 Å². The smallest absolute Gasteiger partial charge is 0.255 e. The van der Waals surface area contributed by atoms with E-state index in [2.05, 4.69) is 11.1 Å². The summed E-state index contributed by atoms with van der Waals surface area (Å²) >= 11 is 0. The topological polar surface area (TPSA) is 90.7 Å². The lowest BCUT2D eigenvalue weighted by Gasteiger charge is -2.10. The Kier molecular flexibility index (Phi) is 2.52. The van der Waals surface area contributed by atoms with Gasteiger partial charge >= 0.3 is 0 Å². The summed E-state index contributed by atoms with van der Waals surface area (Å²) < 4.78 is 5.56. The zero-order valence-corrected chi connectivity index (χ0v) is 10.8. The van der Waals surface area contributed by atoms with Gasteiger partial charge in [0, 0.05) is 12.0 Å². The first-order valence-corrected chi connectivity index (χ1v) is 6.41. The Hall–Kier alpha value is -2.04. The first-order chi connectivity index (χ1) is 9.02. The number of nitrogens with zero attached hydrogens (tertiary/aromatic N) is 1. The molecule has 4 N–H and O–H groups in total. The first kappa shape index (κ1) is 12.0. The van der Waals surface area contributed by atoms with Crippen LogP contribution in [0.5, 0.6) is 5.75 Å². The van der Waals surface area contributed by atoms with Crippen molar-refractivity contribution in [3.8, 4) is 5.75 Å². The van der Waals surface area contributed by atoms with Crippen LogP contribution in [-0.2, 0) is 11.2 Å². The number of hydrogen-bond acceptors (Lipinski definition) is 2.